The van der Waals surface area contributed by atoms with Crippen molar-refractivity contribution in [1.82, 2.24) is 20.5 Å². The van der Waals surface area contributed by atoms with Gasteiger partial charge in [0.1, 0.15) is 22.7 Å². The molecule has 13 heteroatoms. The maximum atomic E-state index is 14.8. The van der Waals surface area contributed by atoms with Gasteiger partial charge in [0.15, 0.2) is 6.61 Å². The molecule has 0 unspecified atom stereocenters. The Morgan fingerprint density at radius 2 is 2.06 bits per heavy atom. The molecule has 0 saturated carbocycles. The molecule has 33 heavy (non-hydrogen) atoms. The number of nitrogens with one attached hydrogen (secondary N) is 2. The average Bonchev–Trinajstić information content (AvgIpc) is 2.76. The molecule has 0 spiro atoms. The highest BCUT2D eigenvalue weighted by Gasteiger charge is 2.32. The topological polar surface area (TPSA) is 83.6 Å². The largest absolute Gasteiger partial charge is 0.468 e. The van der Waals surface area contributed by atoms with Crippen LogP contribution in [0.1, 0.15) is 24.1 Å². The second-order valence-electron chi connectivity index (χ2n) is 7.14. The van der Waals surface area contributed by atoms with Gasteiger partial charge < -0.3 is 20.3 Å². The molecule has 3 amide bonds. The first-order valence-corrected chi connectivity index (χ1v) is 9.99. The lowest BCUT2D eigenvalue weighted by Crippen LogP contribution is -2.58. The monoisotopic (exact) mass is 492 g/mol. The van der Waals surface area contributed by atoms with Crippen LogP contribution in [-0.4, -0.2) is 53.7 Å². The van der Waals surface area contributed by atoms with Gasteiger partial charge >= 0.3 is 12.2 Å². The van der Waals surface area contributed by atoms with Crippen molar-refractivity contribution < 1.29 is 36.3 Å². The quantitative estimate of drug-likeness (QED) is 0.494. The number of rotatable bonds is 5. The minimum atomic E-state index is -4.57. The standard InChI is InChI=1S/C20H18ClF5N4O3/c1-10-18(31)27-6-7-30(10)19(32)29-17(12-3-4-13(22)15(21)16(12)23)11-2-5-14(28-8-11)33-9-20(24,25)26/h2-5,8,10,17H,6-7,9H2,1H3,(H,27,31)(H,29,32)/t10-,17-/m1/s1. The van der Waals surface area contributed by atoms with Gasteiger partial charge in [-0.15, -0.1) is 0 Å². The molecule has 7 nitrogen and oxygen atoms in total. The predicted octanol–water partition coefficient (Wildman–Crippen LogP) is 3.57. The van der Waals surface area contributed by atoms with Crippen molar-refractivity contribution in [2.45, 2.75) is 25.2 Å². The molecular weight excluding hydrogens is 475 g/mol. The van der Waals surface area contributed by atoms with E-state index in [1.807, 2.05) is 0 Å². The van der Waals surface area contributed by atoms with Crippen molar-refractivity contribution in [2.75, 3.05) is 19.7 Å². The number of amides is 3. The van der Waals surface area contributed by atoms with Gasteiger partial charge in [-0.3, -0.25) is 4.79 Å². The molecule has 1 aliphatic rings. The van der Waals surface area contributed by atoms with E-state index in [1.165, 1.54) is 17.9 Å². The van der Waals surface area contributed by atoms with Crippen LogP contribution in [0.2, 0.25) is 5.02 Å². The lowest BCUT2D eigenvalue weighted by Gasteiger charge is -2.34. The molecule has 1 aliphatic heterocycles. The van der Waals surface area contributed by atoms with Crippen LogP contribution in [0.4, 0.5) is 26.7 Å². The third kappa shape index (κ3) is 5.81. The number of carbonyl (C=O) groups excluding carboxylic acids is 2. The Kier molecular flexibility index (Phi) is 7.25. The summed E-state index contributed by atoms with van der Waals surface area (Å²) < 4.78 is 70.1. The zero-order valence-corrected chi connectivity index (χ0v) is 17.8. The maximum absolute atomic E-state index is 14.8. The number of nitrogens with zero attached hydrogens (tertiary/aromatic N) is 2. The summed E-state index contributed by atoms with van der Waals surface area (Å²) in [5.41, 5.74) is -0.0620. The Bertz CT molecular complexity index is 1040. The number of pyridine rings is 1. The first kappa shape index (κ1) is 24.5. The Hall–Kier alpha value is -3.15. The van der Waals surface area contributed by atoms with E-state index in [1.54, 1.807) is 0 Å². The zero-order valence-electron chi connectivity index (χ0n) is 17.0. The van der Waals surface area contributed by atoms with Crippen LogP contribution in [0.15, 0.2) is 30.5 Å². The number of piperazine rings is 1. The lowest BCUT2D eigenvalue weighted by molar-refractivity contribution is -0.154. The number of halogens is 6. The number of hydrogen-bond acceptors (Lipinski definition) is 4. The van der Waals surface area contributed by atoms with E-state index < -0.39 is 47.6 Å². The van der Waals surface area contributed by atoms with Crippen LogP contribution in [0.3, 0.4) is 0 Å². The molecular formula is C20H18ClF5N4O3. The molecule has 0 radical (unpaired) electrons. The highest BCUT2D eigenvalue weighted by atomic mass is 35.5. The minimum Gasteiger partial charge on any atom is -0.468 e. The van der Waals surface area contributed by atoms with Crippen LogP contribution >= 0.6 is 11.6 Å². The van der Waals surface area contributed by atoms with Gasteiger partial charge in [0.05, 0.1) is 6.04 Å². The van der Waals surface area contributed by atoms with Gasteiger partial charge in [-0.05, 0) is 24.6 Å². The third-order valence-electron chi connectivity index (χ3n) is 4.88. The molecule has 0 aliphatic carbocycles. The fourth-order valence-electron chi connectivity index (χ4n) is 3.17. The average molecular weight is 493 g/mol. The number of ether oxygens (including phenoxy) is 1. The van der Waals surface area contributed by atoms with Crippen molar-refractivity contribution in [2.24, 2.45) is 0 Å². The first-order chi connectivity index (χ1) is 15.5. The number of aromatic nitrogens is 1. The smallest absolute Gasteiger partial charge is 0.422 e. The Morgan fingerprint density at radius 3 is 2.70 bits per heavy atom. The zero-order chi connectivity index (χ0) is 24.3. The SMILES string of the molecule is C[C@@H]1C(=O)NCCN1C(=O)N[C@H](c1ccc(OCC(F)(F)F)nc1)c1ccc(F)c(Cl)c1F. The third-order valence-corrected chi connectivity index (χ3v) is 5.23. The first-order valence-electron chi connectivity index (χ1n) is 9.61. The molecule has 2 heterocycles. The number of urea groups is 1. The van der Waals surface area contributed by atoms with Gasteiger partial charge in [0.25, 0.3) is 0 Å². The molecule has 178 valence electrons. The lowest BCUT2D eigenvalue weighted by atomic mass is 9.99. The van der Waals surface area contributed by atoms with Crippen molar-refractivity contribution >= 4 is 23.5 Å². The summed E-state index contributed by atoms with van der Waals surface area (Å²) in [5.74, 6) is -2.88. The highest BCUT2D eigenvalue weighted by molar-refractivity contribution is 6.31. The molecule has 1 aromatic heterocycles. The molecule has 1 aromatic carbocycles. The summed E-state index contributed by atoms with van der Waals surface area (Å²) in [4.78, 5) is 29.8. The normalized spacial score (nSPS) is 17.4. The Labute approximate surface area is 189 Å². The van der Waals surface area contributed by atoms with E-state index in [9.17, 15) is 31.5 Å². The molecule has 2 atom stereocenters. The predicted molar refractivity (Wildman–Crippen MR) is 107 cm³/mol. The number of benzene rings is 1. The molecule has 0 bridgehead atoms. The van der Waals surface area contributed by atoms with E-state index >= 15 is 0 Å². The van der Waals surface area contributed by atoms with Crippen molar-refractivity contribution in [3.8, 4) is 5.88 Å². The van der Waals surface area contributed by atoms with Crippen molar-refractivity contribution in [1.29, 1.82) is 0 Å². The van der Waals surface area contributed by atoms with Gasteiger partial charge in [0, 0.05) is 30.9 Å². The Balaban J connectivity index is 1.92. The summed E-state index contributed by atoms with van der Waals surface area (Å²) >= 11 is 5.68. The summed E-state index contributed by atoms with van der Waals surface area (Å²) in [5, 5.41) is 4.36. The van der Waals surface area contributed by atoms with Gasteiger partial charge in [-0.25, -0.2) is 18.6 Å². The maximum Gasteiger partial charge on any atom is 0.422 e. The van der Waals surface area contributed by atoms with E-state index in [0.29, 0.717) is 0 Å². The molecule has 2 aromatic rings. The minimum absolute atomic E-state index is 0.151. The fourth-order valence-corrected chi connectivity index (χ4v) is 3.35. The number of alkyl halides is 3. The molecule has 1 saturated heterocycles. The van der Waals surface area contributed by atoms with Crippen LogP contribution in [0.25, 0.3) is 0 Å². The summed E-state index contributed by atoms with van der Waals surface area (Å²) in [6.45, 7) is 0.342. The van der Waals surface area contributed by atoms with E-state index in [0.717, 1.165) is 24.4 Å². The summed E-state index contributed by atoms with van der Waals surface area (Å²) in [7, 11) is 0. The van der Waals surface area contributed by atoms with Crippen molar-refractivity contribution in [3.63, 3.8) is 0 Å². The van der Waals surface area contributed by atoms with E-state index in [4.69, 9.17) is 11.6 Å². The molecule has 1 fully saturated rings. The van der Waals surface area contributed by atoms with Crippen LogP contribution < -0.4 is 15.4 Å². The highest BCUT2D eigenvalue weighted by Crippen LogP contribution is 2.31. The Morgan fingerprint density at radius 1 is 1.33 bits per heavy atom. The number of hydrogen-bond donors (Lipinski definition) is 2. The van der Waals surface area contributed by atoms with Crippen molar-refractivity contribution in [3.05, 3.63) is 58.2 Å². The van der Waals surface area contributed by atoms with Gasteiger partial charge in [0.2, 0.25) is 11.8 Å². The van der Waals surface area contributed by atoms with Gasteiger partial charge in [-0.2, -0.15) is 13.2 Å². The second-order valence-corrected chi connectivity index (χ2v) is 7.52. The summed E-state index contributed by atoms with van der Waals surface area (Å²) in [6, 6.07) is 1.58. The van der Waals surface area contributed by atoms with Gasteiger partial charge in [-0.1, -0.05) is 17.7 Å². The van der Waals surface area contributed by atoms with Crippen LogP contribution in [-0.2, 0) is 4.79 Å². The second kappa shape index (κ2) is 9.77. The number of carbonyl (C=O) groups is 2. The van der Waals surface area contributed by atoms with E-state index in [2.05, 4.69) is 20.4 Å². The van der Waals surface area contributed by atoms with E-state index in [-0.39, 0.29) is 36.0 Å². The fraction of sp³-hybridized carbons (Fsp3) is 0.350. The molecule has 3 rings (SSSR count). The van der Waals surface area contributed by atoms with Crippen LogP contribution in [0, 0.1) is 11.6 Å². The van der Waals surface area contributed by atoms with Crippen LogP contribution in [0.5, 0.6) is 5.88 Å². The molecule has 2 N–H and O–H groups in total. The summed E-state index contributed by atoms with van der Waals surface area (Å²) in [6.07, 6.45) is -3.48.